The lowest BCUT2D eigenvalue weighted by molar-refractivity contribution is 0.774. The average Bonchev–Trinajstić information content (AvgIpc) is 2.82. The Labute approximate surface area is 106 Å². The highest BCUT2D eigenvalue weighted by Gasteiger charge is 2.13. The van der Waals surface area contributed by atoms with Crippen molar-refractivity contribution in [3.8, 4) is 11.9 Å². The zero-order chi connectivity index (χ0) is 13.1. The van der Waals surface area contributed by atoms with Crippen LogP contribution >= 0.6 is 0 Å². The lowest BCUT2D eigenvalue weighted by atomic mass is 10.2. The van der Waals surface area contributed by atoms with Gasteiger partial charge in [0.05, 0.1) is 16.9 Å². The van der Waals surface area contributed by atoms with E-state index in [0.29, 0.717) is 17.1 Å². The molecule has 92 valence electrons. The van der Waals surface area contributed by atoms with Gasteiger partial charge < -0.3 is 5.73 Å². The molecule has 2 aromatic rings. The van der Waals surface area contributed by atoms with Crippen molar-refractivity contribution in [2.24, 2.45) is 0 Å². The molecule has 0 aliphatic carbocycles. The number of hydrogen-bond donors (Lipinski definition) is 1. The topological polar surface area (TPSA) is 80.5 Å². The number of nitrogens with two attached hydrogens (primary N) is 1. The SMILES string of the molecule is CCc1cc(CC)n(-c2nccc(C#N)c2N)n1. The molecule has 0 fully saturated rings. The minimum Gasteiger partial charge on any atom is -0.395 e. The molecule has 0 saturated heterocycles. The van der Waals surface area contributed by atoms with Crippen molar-refractivity contribution in [1.29, 1.82) is 5.26 Å². The zero-order valence-electron chi connectivity index (χ0n) is 10.5. The predicted octanol–water partition coefficient (Wildman–Crippen LogP) is 1.85. The summed E-state index contributed by atoms with van der Waals surface area (Å²) in [5.41, 5.74) is 8.79. The molecule has 0 aliphatic heterocycles. The molecule has 2 rings (SSSR count). The minimum atomic E-state index is 0.375. The van der Waals surface area contributed by atoms with Crippen molar-refractivity contribution in [1.82, 2.24) is 14.8 Å². The number of anilines is 1. The Kier molecular flexibility index (Phi) is 3.28. The Morgan fingerprint density at radius 1 is 1.39 bits per heavy atom. The van der Waals surface area contributed by atoms with Crippen molar-refractivity contribution in [2.75, 3.05) is 5.73 Å². The van der Waals surface area contributed by atoms with Gasteiger partial charge in [0.1, 0.15) is 6.07 Å². The molecule has 5 nitrogen and oxygen atoms in total. The van der Waals surface area contributed by atoms with Crippen LogP contribution in [0, 0.1) is 11.3 Å². The summed E-state index contributed by atoms with van der Waals surface area (Å²) < 4.78 is 1.73. The number of aryl methyl sites for hydroxylation is 2. The van der Waals surface area contributed by atoms with E-state index in [1.54, 1.807) is 16.9 Å². The number of aromatic nitrogens is 3. The summed E-state index contributed by atoms with van der Waals surface area (Å²) in [7, 11) is 0. The molecule has 0 spiro atoms. The summed E-state index contributed by atoms with van der Waals surface area (Å²) >= 11 is 0. The third-order valence-electron chi connectivity index (χ3n) is 2.85. The highest BCUT2D eigenvalue weighted by molar-refractivity contribution is 5.63. The van der Waals surface area contributed by atoms with E-state index in [4.69, 9.17) is 11.0 Å². The maximum Gasteiger partial charge on any atom is 0.178 e. The van der Waals surface area contributed by atoms with E-state index in [1.807, 2.05) is 6.07 Å². The first-order valence-corrected chi connectivity index (χ1v) is 5.94. The van der Waals surface area contributed by atoms with Gasteiger partial charge >= 0.3 is 0 Å². The van der Waals surface area contributed by atoms with Crippen molar-refractivity contribution in [3.05, 3.63) is 35.3 Å². The van der Waals surface area contributed by atoms with E-state index in [0.717, 1.165) is 24.2 Å². The molecule has 0 unspecified atom stereocenters. The van der Waals surface area contributed by atoms with Crippen LogP contribution in [0.5, 0.6) is 0 Å². The van der Waals surface area contributed by atoms with Crippen molar-refractivity contribution in [2.45, 2.75) is 26.7 Å². The molecule has 2 heterocycles. The number of rotatable bonds is 3. The van der Waals surface area contributed by atoms with E-state index < -0.39 is 0 Å². The first kappa shape index (κ1) is 12.1. The Morgan fingerprint density at radius 3 is 2.78 bits per heavy atom. The summed E-state index contributed by atoms with van der Waals surface area (Å²) in [6.45, 7) is 4.10. The molecule has 0 aliphatic rings. The Hall–Kier alpha value is -2.35. The Balaban J connectivity index is 2.62. The van der Waals surface area contributed by atoms with E-state index in [9.17, 15) is 0 Å². The van der Waals surface area contributed by atoms with E-state index in [-0.39, 0.29) is 0 Å². The molecule has 0 amide bonds. The van der Waals surface area contributed by atoms with Crippen LogP contribution < -0.4 is 5.73 Å². The van der Waals surface area contributed by atoms with Crippen LogP contribution in [0.15, 0.2) is 18.3 Å². The van der Waals surface area contributed by atoms with E-state index in [2.05, 4.69) is 30.0 Å². The van der Waals surface area contributed by atoms with E-state index >= 15 is 0 Å². The number of nitriles is 1. The van der Waals surface area contributed by atoms with Gasteiger partial charge in [-0.05, 0) is 25.0 Å². The van der Waals surface area contributed by atoms with Crippen LogP contribution in [-0.2, 0) is 12.8 Å². The molecular weight excluding hydrogens is 226 g/mol. The van der Waals surface area contributed by atoms with Gasteiger partial charge in [-0.2, -0.15) is 10.4 Å². The van der Waals surface area contributed by atoms with Gasteiger partial charge in [0, 0.05) is 11.9 Å². The Bertz CT molecular complexity index is 606. The minimum absolute atomic E-state index is 0.375. The molecule has 0 aromatic carbocycles. The largest absolute Gasteiger partial charge is 0.395 e. The monoisotopic (exact) mass is 241 g/mol. The third-order valence-corrected chi connectivity index (χ3v) is 2.85. The van der Waals surface area contributed by atoms with Crippen LogP contribution in [0.1, 0.15) is 30.8 Å². The second-order valence-electron chi connectivity index (χ2n) is 3.95. The molecular formula is C13H15N5. The second kappa shape index (κ2) is 4.88. The fourth-order valence-corrected chi connectivity index (χ4v) is 1.81. The lowest BCUT2D eigenvalue weighted by Gasteiger charge is -2.08. The van der Waals surface area contributed by atoms with Crippen molar-refractivity contribution < 1.29 is 0 Å². The normalized spacial score (nSPS) is 10.3. The first-order chi connectivity index (χ1) is 8.71. The van der Waals surface area contributed by atoms with Crippen LogP contribution in [0.4, 0.5) is 5.69 Å². The summed E-state index contributed by atoms with van der Waals surface area (Å²) in [6, 6.07) is 5.71. The van der Waals surface area contributed by atoms with Crippen LogP contribution in [-0.4, -0.2) is 14.8 Å². The molecule has 0 radical (unpaired) electrons. The highest BCUT2D eigenvalue weighted by Crippen LogP contribution is 2.20. The number of hydrogen-bond acceptors (Lipinski definition) is 4. The van der Waals surface area contributed by atoms with Gasteiger partial charge in [0.2, 0.25) is 0 Å². The van der Waals surface area contributed by atoms with Gasteiger partial charge in [-0.1, -0.05) is 13.8 Å². The molecule has 2 N–H and O–H groups in total. The molecule has 2 aromatic heterocycles. The molecule has 18 heavy (non-hydrogen) atoms. The van der Waals surface area contributed by atoms with Crippen LogP contribution in [0.3, 0.4) is 0 Å². The summed E-state index contributed by atoms with van der Waals surface area (Å²) in [6.07, 6.45) is 3.28. The predicted molar refractivity (Wildman–Crippen MR) is 69.2 cm³/mol. The van der Waals surface area contributed by atoms with Crippen molar-refractivity contribution >= 4 is 5.69 Å². The second-order valence-corrected chi connectivity index (χ2v) is 3.95. The maximum atomic E-state index is 8.98. The van der Waals surface area contributed by atoms with Gasteiger partial charge in [-0.3, -0.25) is 0 Å². The number of pyridine rings is 1. The first-order valence-electron chi connectivity index (χ1n) is 5.94. The summed E-state index contributed by atoms with van der Waals surface area (Å²) in [5.74, 6) is 0.533. The fourth-order valence-electron chi connectivity index (χ4n) is 1.81. The standard InChI is InChI=1S/C13H15N5/c1-3-10-7-11(4-2)18(17-10)13-12(15)9(8-14)5-6-16-13/h5-7H,3-4,15H2,1-2H3. The number of nitrogen functional groups attached to an aromatic ring is 1. The molecule has 5 heteroatoms. The quantitative estimate of drug-likeness (QED) is 0.889. The van der Waals surface area contributed by atoms with Gasteiger partial charge in [0.15, 0.2) is 5.82 Å². The average molecular weight is 241 g/mol. The zero-order valence-corrected chi connectivity index (χ0v) is 10.5. The molecule has 0 saturated carbocycles. The molecule has 0 atom stereocenters. The van der Waals surface area contributed by atoms with Crippen LogP contribution in [0.25, 0.3) is 5.82 Å². The summed E-state index contributed by atoms with van der Waals surface area (Å²) in [5, 5.41) is 13.5. The Morgan fingerprint density at radius 2 is 2.17 bits per heavy atom. The number of nitrogens with zero attached hydrogens (tertiary/aromatic N) is 4. The smallest absolute Gasteiger partial charge is 0.178 e. The third kappa shape index (κ3) is 1.93. The van der Waals surface area contributed by atoms with E-state index in [1.165, 1.54) is 0 Å². The highest BCUT2D eigenvalue weighted by atomic mass is 15.3. The fraction of sp³-hybridized carbons (Fsp3) is 0.308. The lowest BCUT2D eigenvalue weighted by Crippen LogP contribution is -2.08. The molecule has 0 bridgehead atoms. The maximum absolute atomic E-state index is 8.98. The van der Waals surface area contributed by atoms with Gasteiger partial charge in [-0.15, -0.1) is 0 Å². The van der Waals surface area contributed by atoms with Crippen molar-refractivity contribution in [3.63, 3.8) is 0 Å². The summed E-state index contributed by atoms with van der Waals surface area (Å²) in [4.78, 5) is 4.24. The van der Waals surface area contributed by atoms with Crippen LogP contribution in [0.2, 0.25) is 0 Å². The van der Waals surface area contributed by atoms with Gasteiger partial charge in [-0.25, -0.2) is 9.67 Å². The van der Waals surface area contributed by atoms with Gasteiger partial charge in [0.25, 0.3) is 0 Å².